The number of aryl methyl sites for hydroxylation is 1. The Morgan fingerprint density at radius 2 is 1.81 bits per heavy atom. The maximum Gasteiger partial charge on any atom is 0.257 e. The average Bonchev–Trinajstić information content (AvgIpc) is 2.78. The molecule has 0 radical (unpaired) electrons. The molecule has 3 aromatic rings. The van der Waals surface area contributed by atoms with Crippen molar-refractivity contribution in [1.82, 2.24) is 4.98 Å². The van der Waals surface area contributed by atoms with Crippen molar-refractivity contribution in [3.63, 3.8) is 0 Å². The Morgan fingerprint density at radius 3 is 2.45 bits per heavy atom. The lowest BCUT2D eigenvalue weighted by Gasteiger charge is -2.32. The molecule has 0 aliphatic carbocycles. The summed E-state index contributed by atoms with van der Waals surface area (Å²) < 4.78 is 5.24. The fourth-order valence-electron chi connectivity index (χ4n) is 3.98. The number of anilines is 2. The number of aromatic nitrogens is 1. The van der Waals surface area contributed by atoms with Gasteiger partial charge in [0.05, 0.1) is 23.9 Å². The molecule has 0 bridgehead atoms. The molecule has 2 heterocycles. The lowest BCUT2D eigenvalue weighted by Crippen LogP contribution is -2.38. The molecule has 7 nitrogen and oxygen atoms in total. The quantitative estimate of drug-likeness (QED) is 0.661. The zero-order chi connectivity index (χ0) is 22.0. The van der Waals surface area contributed by atoms with Crippen LogP contribution in [0.1, 0.15) is 28.9 Å². The largest absolute Gasteiger partial charge is 0.497 e. The van der Waals surface area contributed by atoms with E-state index in [-0.39, 0.29) is 17.7 Å². The van der Waals surface area contributed by atoms with E-state index in [1.807, 2.05) is 55.5 Å². The zero-order valence-corrected chi connectivity index (χ0v) is 17.7. The first kappa shape index (κ1) is 20.7. The maximum atomic E-state index is 12.9. The molecule has 0 saturated carbocycles. The van der Waals surface area contributed by atoms with Gasteiger partial charge in [-0.3, -0.25) is 14.6 Å². The third kappa shape index (κ3) is 4.45. The first-order valence-corrected chi connectivity index (χ1v) is 10.4. The van der Waals surface area contributed by atoms with Crippen molar-refractivity contribution < 1.29 is 14.3 Å². The molecule has 0 unspecified atom stereocenters. The number of fused-ring (bicyclic) bond motifs is 1. The number of ether oxygens (including phenoxy) is 1. The Hall–Kier alpha value is -3.61. The monoisotopic (exact) mass is 418 g/mol. The molecular formula is C24H26N4O3. The lowest BCUT2D eigenvalue weighted by molar-refractivity contribution is -0.122. The first-order valence-electron chi connectivity index (χ1n) is 10.4. The van der Waals surface area contributed by atoms with E-state index >= 15 is 0 Å². The number of amides is 2. The fourth-order valence-corrected chi connectivity index (χ4v) is 3.98. The van der Waals surface area contributed by atoms with Gasteiger partial charge in [0.15, 0.2) is 0 Å². The molecule has 1 saturated heterocycles. The van der Waals surface area contributed by atoms with Gasteiger partial charge in [-0.1, -0.05) is 0 Å². The van der Waals surface area contributed by atoms with E-state index in [0.717, 1.165) is 54.0 Å². The van der Waals surface area contributed by atoms with Crippen LogP contribution in [0.25, 0.3) is 10.9 Å². The molecule has 3 N–H and O–H groups in total. The maximum absolute atomic E-state index is 12.9. The van der Waals surface area contributed by atoms with E-state index in [4.69, 9.17) is 10.5 Å². The average molecular weight is 418 g/mol. The number of primary amides is 1. The standard InChI is InChI=1S/C24H26N4O3/c1-15-21(13-17-3-8-20(31-2)14-22(17)26-15)24(30)27-18-4-6-19(7-5-18)28-11-9-16(10-12-28)23(25)29/h3-8,13-14,16H,9-12H2,1-2H3,(H2,25,29)(H,27,30). The van der Waals surface area contributed by atoms with Crippen LogP contribution in [-0.2, 0) is 4.79 Å². The Bertz CT molecular complexity index is 1120. The molecule has 31 heavy (non-hydrogen) atoms. The molecule has 0 spiro atoms. The number of carbonyl (C=O) groups is 2. The van der Waals surface area contributed by atoms with Crippen LogP contribution in [0.4, 0.5) is 11.4 Å². The number of carbonyl (C=O) groups excluding carboxylic acids is 2. The SMILES string of the molecule is COc1ccc2cc(C(=O)Nc3ccc(N4CCC(C(N)=O)CC4)cc3)c(C)nc2c1. The second kappa shape index (κ2) is 8.63. The normalized spacial score (nSPS) is 14.5. The minimum Gasteiger partial charge on any atom is -0.497 e. The molecule has 4 rings (SSSR count). The number of nitrogens with two attached hydrogens (primary N) is 1. The third-order valence-corrected chi connectivity index (χ3v) is 5.85. The minimum atomic E-state index is -0.213. The van der Waals surface area contributed by atoms with Crippen LogP contribution in [0.2, 0.25) is 0 Å². The van der Waals surface area contributed by atoms with Gasteiger partial charge < -0.3 is 20.7 Å². The molecule has 1 aliphatic heterocycles. The van der Waals surface area contributed by atoms with E-state index in [0.29, 0.717) is 11.3 Å². The Balaban J connectivity index is 1.45. The predicted octanol–water partition coefficient (Wildman–Crippen LogP) is 3.51. The molecule has 0 atom stereocenters. The van der Waals surface area contributed by atoms with Crippen LogP contribution in [0.5, 0.6) is 5.75 Å². The van der Waals surface area contributed by atoms with Crippen LogP contribution >= 0.6 is 0 Å². The van der Waals surface area contributed by atoms with E-state index in [1.165, 1.54) is 0 Å². The van der Waals surface area contributed by atoms with Gasteiger partial charge >= 0.3 is 0 Å². The molecule has 2 amide bonds. The van der Waals surface area contributed by atoms with Crippen LogP contribution in [0, 0.1) is 12.8 Å². The molecular weight excluding hydrogens is 392 g/mol. The van der Waals surface area contributed by atoms with Crippen LogP contribution in [0.15, 0.2) is 48.5 Å². The van der Waals surface area contributed by atoms with Crippen molar-refractivity contribution in [2.75, 3.05) is 30.4 Å². The molecule has 7 heteroatoms. The molecule has 1 aliphatic rings. The van der Waals surface area contributed by atoms with Gasteiger partial charge in [-0.25, -0.2) is 0 Å². The number of nitrogens with one attached hydrogen (secondary N) is 1. The molecule has 2 aromatic carbocycles. The number of piperidine rings is 1. The smallest absolute Gasteiger partial charge is 0.257 e. The van der Waals surface area contributed by atoms with Gasteiger partial charge in [-0.2, -0.15) is 0 Å². The highest BCUT2D eigenvalue weighted by molar-refractivity contribution is 6.06. The van der Waals surface area contributed by atoms with Crippen molar-refractivity contribution in [1.29, 1.82) is 0 Å². The lowest BCUT2D eigenvalue weighted by atomic mass is 9.96. The summed E-state index contributed by atoms with van der Waals surface area (Å²) in [5.74, 6) is 0.290. The van der Waals surface area contributed by atoms with Gasteiger partial charge in [0, 0.05) is 41.8 Å². The van der Waals surface area contributed by atoms with E-state index in [1.54, 1.807) is 7.11 Å². The van der Waals surface area contributed by atoms with Gasteiger partial charge in [0.1, 0.15) is 5.75 Å². The summed E-state index contributed by atoms with van der Waals surface area (Å²) in [7, 11) is 1.62. The third-order valence-electron chi connectivity index (χ3n) is 5.85. The summed E-state index contributed by atoms with van der Waals surface area (Å²) in [6.07, 6.45) is 1.54. The van der Waals surface area contributed by atoms with Crippen LogP contribution in [0.3, 0.4) is 0 Å². The number of rotatable bonds is 5. The van der Waals surface area contributed by atoms with Gasteiger partial charge in [0.2, 0.25) is 5.91 Å². The second-order valence-electron chi connectivity index (χ2n) is 7.84. The number of hydrogen-bond acceptors (Lipinski definition) is 5. The molecule has 160 valence electrons. The van der Waals surface area contributed by atoms with Crippen molar-refractivity contribution in [2.24, 2.45) is 11.7 Å². The van der Waals surface area contributed by atoms with Crippen LogP contribution < -0.4 is 20.7 Å². The zero-order valence-electron chi connectivity index (χ0n) is 17.7. The van der Waals surface area contributed by atoms with Gasteiger partial charge in [0.25, 0.3) is 5.91 Å². The summed E-state index contributed by atoms with van der Waals surface area (Å²) in [5.41, 5.74) is 9.18. The summed E-state index contributed by atoms with van der Waals surface area (Å²) >= 11 is 0. The molecule has 1 aromatic heterocycles. The summed E-state index contributed by atoms with van der Waals surface area (Å²) in [4.78, 5) is 31.0. The van der Waals surface area contributed by atoms with Gasteiger partial charge in [-0.15, -0.1) is 0 Å². The Kier molecular flexibility index (Phi) is 5.75. The highest BCUT2D eigenvalue weighted by atomic mass is 16.5. The number of hydrogen-bond donors (Lipinski definition) is 2. The van der Waals surface area contributed by atoms with Crippen molar-refractivity contribution in [2.45, 2.75) is 19.8 Å². The highest BCUT2D eigenvalue weighted by Gasteiger charge is 2.23. The summed E-state index contributed by atoms with van der Waals surface area (Å²) in [5, 5.41) is 3.84. The number of benzene rings is 2. The minimum absolute atomic E-state index is 0.0327. The summed E-state index contributed by atoms with van der Waals surface area (Å²) in [6, 6.07) is 15.2. The number of pyridine rings is 1. The second-order valence-corrected chi connectivity index (χ2v) is 7.84. The Morgan fingerprint density at radius 1 is 1.10 bits per heavy atom. The van der Waals surface area contributed by atoms with Gasteiger partial charge in [-0.05, 0) is 62.2 Å². The Labute approximate surface area is 181 Å². The van der Waals surface area contributed by atoms with E-state index < -0.39 is 0 Å². The predicted molar refractivity (Wildman–Crippen MR) is 122 cm³/mol. The fraction of sp³-hybridized carbons (Fsp3) is 0.292. The number of methoxy groups -OCH3 is 1. The van der Waals surface area contributed by atoms with Crippen molar-refractivity contribution >= 4 is 34.1 Å². The van der Waals surface area contributed by atoms with Crippen molar-refractivity contribution in [3.05, 3.63) is 59.8 Å². The van der Waals surface area contributed by atoms with E-state index in [9.17, 15) is 9.59 Å². The van der Waals surface area contributed by atoms with Crippen LogP contribution in [-0.4, -0.2) is 37.0 Å². The highest BCUT2D eigenvalue weighted by Crippen LogP contribution is 2.26. The van der Waals surface area contributed by atoms with Crippen molar-refractivity contribution in [3.8, 4) is 5.75 Å². The topological polar surface area (TPSA) is 97.5 Å². The molecule has 1 fully saturated rings. The summed E-state index contributed by atoms with van der Waals surface area (Å²) in [6.45, 7) is 3.42. The van der Waals surface area contributed by atoms with E-state index in [2.05, 4.69) is 15.2 Å². The first-order chi connectivity index (χ1) is 14.9. The number of nitrogens with zero attached hydrogens (tertiary/aromatic N) is 2.